The monoisotopic (exact) mass is 302 g/mol. The van der Waals surface area contributed by atoms with E-state index in [-0.39, 0.29) is 41.8 Å². The molecule has 2 heterocycles. The molecule has 114 valence electrons. The highest BCUT2D eigenvalue weighted by Gasteiger charge is 2.42. The van der Waals surface area contributed by atoms with Gasteiger partial charge in [0.1, 0.15) is 0 Å². The summed E-state index contributed by atoms with van der Waals surface area (Å²) in [7, 11) is -3.01. The zero-order valence-corrected chi connectivity index (χ0v) is 12.8. The van der Waals surface area contributed by atoms with Crippen molar-refractivity contribution in [2.45, 2.75) is 57.7 Å². The van der Waals surface area contributed by atoms with Crippen molar-refractivity contribution in [3.8, 4) is 0 Å². The van der Waals surface area contributed by atoms with E-state index in [1.807, 2.05) is 13.8 Å². The van der Waals surface area contributed by atoms with Crippen LogP contribution in [0.4, 0.5) is 0 Å². The number of rotatable bonds is 4. The van der Waals surface area contributed by atoms with Gasteiger partial charge in [0.25, 0.3) is 0 Å². The largest absolute Gasteiger partial charge is 0.302 e. The van der Waals surface area contributed by atoms with Crippen LogP contribution in [0.1, 0.15) is 39.5 Å². The normalized spacial score (nSPS) is 31.6. The van der Waals surface area contributed by atoms with Gasteiger partial charge in [-0.15, -0.1) is 0 Å². The van der Waals surface area contributed by atoms with Gasteiger partial charge in [0, 0.05) is 12.1 Å². The van der Waals surface area contributed by atoms with Crippen LogP contribution < -0.4 is 5.32 Å². The average Bonchev–Trinajstić information content (AvgIpc) is 2.62. The van der Waals surface area contributed by atoms with Gasteiger partial charge >= 0.3 is 0 Å². The Balaban J connectivity index is 2.01. The minimum atomic E-state index is -3.01. The third-order valence-corrected chi connectivity index (χ3v) is 5.94. The molecule has 7 heteroatoms. The zero-order chi connectivity index (χ0) is 14.9. The van der Waals surface area contributed by atoms with Gasteiger partial charge in [-0.2, -0.15) is 0 Å². The third-order valence-electron chi connectivity index (χ3n) is 4.11. The Kier molecular flexibility index (Phi) is 4.49. The SMILES string of the molecule is CCC(C)N1C(=O)CC(NC2CCCS(=O)(=O)C2)C1=O. The lowest BCUT2D eigenvalue weighted by Gasteiger charge is -2.26. The van der Waals surface area contributed by atoms with Crippen LogP contribution in [0, 0.1) is 0 Å². The molecular weight excluding hydrogens is 280 g/mol. The smallest absolute Gasteiger partial charge is 0.247 e. The summed E-state index contributed by atoms with van der Waals surface area (Å²) in [5, 5.41) is 3.07. The minimum Gasteiger partial charge on any atom is -0.302 e. The number of amides is 2. The molecule has 3 atom stereocenters. The number of carbonyl (C=O) groups is 2. The highest BCUT2D eigenvalue weighted by molar-refractivity contribution is 7.91. The van der Waals surface area contributed by atoms with Gasteiger partial charge in [-0.1, -0.05) is 6.92 Å². The molecule has 0 saturated carbocycles. The Morgan fingerprint density at radius 3 is 2.70 bits per heavy atom. The summed E-state index contributed by atoms with van der Waals surface area (Å²) in [5.41, 5.74) is 0. The molecular formula is C13H22N2O4S. The Morgan fingerprint density at radius 2 is 2.10 bits per heavy atom. The van der Waals surface area contributed by atoms with Crippen LogP contribution in [0.2, 0.25) is 0 Å². The van der Waals surface area contributed by atoms with E-state index in [0.29, 0.717) is 6.42 Å². The summed E-state index contributed by atoms with van der Waals surface area (Å²) >= 11 is 0. The van der Waals surface area contributed by atoms with Gasteiger partial charge in [0.2, 0.25) is 11.8 Å². The summed E-state index contributed by atoms with van der Waals surface area (Å²) in [4.78, 5) is 25.5. The first-order valence-electron chi connectivity index (χ1n) is 7.16. The summed E-state index contributed by atoms with van der Waals surface area (Å²) in [5.74, 6) is -0.0939. The van der Waals surface area contributed by atoms with Crippen LogP contribution in [-0.2, 0) is 19.4 Å². The molecule has 2 rings (SSSR count). The topological polar surface area (TPSA) is 83.6 Å². The van der Waals surface area contributed by atoms with Crippen molar-refractivity contribution in [1.29, 1.82) is 0 Å². The van der Waals surface area contributed by atoms with Crippen molar-refractivity contribution in [3.05, 3.63) is 0 Å². The fourth-order valence-corrected chi connectivity index (χ4v) is 4.51. The highest BCUT2D eigenvalue weighted by atomic mass is 32.2. The van der Waals surface area contributed by atoms with E-state index in [9.17, 15) is 18.0 Å². The first-order valence-corrected chi connectivity index (χ1v) is 8.98. The Labute approximate surface area is 119 Å². The van der Waals surface area contributed by atoms with Crippen molar-refractivity contribution in [3.63, 3.8) is 0 Å². The molecule has 0 spiro atoms. The molecule has 0 aromatic rings. The fourth-order valence-electron chi connectivity index (χ4n) is 2.87. The molecule has 0 aromatic carbocycles. The number of carbonyl (C=O) groups excluding carboxylic acids is 2. The minimum absolute atomic E-state index is 0.0638. The van der Waals surface area contributed by atoms with Crippen molar-refractivity contribution in [1.82, 2.24) is 10.2 Å². The molecule has 2 amide bonds. The molecule has 1 N–H and O–H groups in total. The Hall–Kier alpha value is -0.950. The van der Waals surface area contributed by atoms with Crippen LogP contribution in [0.3, 0.4) is 0 Å². The molecule has 2 saturated heterocycles. The van der Waals surface area contributed by atoms with Crippen molar-refractivity contribution in [2.75, 3.05) is 11.5 Å². The fraction of sp³-hybridized carbons (Fsp3) is 0.846. The average molecular weight is 302 g/mol. The van der Waals surface area contributed by atoms with Crippen LogP contribution in [0.25, 0.3) is 0 Å². The van der Waals surface area contributed by atoms with E-state index in [1.54, 1.807) is 0 Å². The number of nitrogens with one attached hydrogen (secondary N) is 1. The van der Waals surface area contributed by atoms with E-state index in [2.05, 4.69) is 5.32 Å². The maximum Gasteiger partial charge on any atom is 0.247 e. The predicted octanol–water partition coefficient (Wildman–Crippen LogP) is 0.0792. The van der Waals surface area contributed by atoms with E-state index >= 15 is 0 Å². The standard InChI is InChI=1S/C13H22N2O4S/c1-3-9(2)15-12(16)7-11(13(15)17)14-10-5-4-6-20(18,19)8-10/h9-11,14H,3-8H2,1-2H3. The van der Waals surface area contributed by atoms with Crippen LogP contribution >= 0.6 is 0 Å². The highest BCUT2D eigenvalue weighted by Crippen LogP contribution is 2.20. The Bertz CT molecular complexity index is 503. The van der Waals surface area contributed by atoms with Gasteiger partial charge in [0.05, 0.1) is 24.0 Å². The second kappa shape index (κ2) is 5.81. The number of likely N-dealkylation sites (tertiary alicyclic amines) is 1. The first-order chi connectivity index (χ1) is 9.34. The van der Waals surface area contributed by atoms with Gasteiger partial charge in [-0.25, -0.2) is 8.42 Å². The molecule has 0 aliphatic carbocycles. The van der Waals surface area contributed by atoms with Crippen LogP contribution in [0.15, 0.2) is 0 Å². The quantitative estimate of drug-likeness (QED) is 0.744. The summed E-state index contributed by atoms with van der Waals surface area (Å²) in [6.45, 7) is 3.78. The van der Waals surface area contributed by atoms with Crippen LogP contribution in [0.5, 0.6) is 0 Å². The van der Waals surface area contributed by atoms with Crippen molar-refractivity contribution < 1.29 is 18.0 Å². The predicted molar refractivity (Wildman–Crippen MR) is 74.8 cm³/mol. The van der Waals surface area contributed by atoms with Crippen LogP contribution in [-0.4, -0.2) is 54.8 Å². The molecule has 0 aromatic heterocycles. The lowest BCUT2D eigenvalue weighted by Crippen LogP contribution is -2.49. The number of hydrogen-bond acceptors (Lipinski definition) is 5. The molecule has 0 bridgehead atoms. The lowest BCUT2D eigenvalue weighted by molar-refractivity contribution is -0.141. The zero-order valence-electron chi connectivity index (χ0n) is 12.0. The van der Waals surface area contributed by atoms with Crippen molar-refractivity contribution in [2.24, 2.45) is 0 Å². The van der Waals surface area contributed by atoms with Gasteiger partial charge in [0.15, 0.2) is 9.84 Å². The molecule has 2 aliphatic heterocycles. The number of imide groups is 1. The van der Waals surface area contributed by atoms with Gasteiger partial charge < -0.3 is 5.32 Å². The van der Waals surface area contributed by atoms with E-state index in [0.717, 1.165) is 12.8 Å². The second-order valence-electron chi connectivity index (χ2n) is 5.74. The summed E-state index contributed by atoms with van der Waals surface area (Å²) < 4.78 is 23.2. The molecule has 2 aliphatic rings. The Morgan fingerprint density at radius 1 is 1.40 bits per heavy atom. The number of nitrogens with zero attached hydrogens (tertiary/aromatic N) is 1. The molecule has 20 heavy (non-hydrogen) atoms. The summed E-state index contributed by atoms with van der Waals surface area (Å²) in [6, 6.07) is -0.876. The third kappa shape index (κ3) is 3.20. The summed E-state index contributed by atoms with van der Waals surface area (Å²) in [6.07, 6.45) is 2.21. The lowest BCUT2D eigenvalue weighted by atomic mass is 10.1. The first kappa shape index (κ1) is 15.4. The molecule has 2 fully saturated rings. The van der Waals surface area contributed by atoms with Gasteiger partial charge in [-0.05, 0) is 26.2 Å². The number of sulfone groups is 1. The van der Waals surface area contributed by atoms with Gasteiger partial charge in [-0.3, -0.25) is 14.5 Å². The second-order valence-corrected chi connectivity index (χ2v) is 7.96. The van der Waals surface area contributed by atoms with Crippen molar-refractivity contribution >= 4 is 21.7 Å². The van der Waals surface area contributed by atoms with E-state index in [1.165, 1.54) is 4.90 Å². The maximum atomic E-state index is 12.2. The molecule has 6 nitrogen and oxygen atoms in total. The number of hydrogen-bond donors (Lipinski definition) is 1. The van der Waals surface area contributed by atoms with E-state index < -0.39 is 15.9 Å². The van der Waals surface area contributed by atoms with E-state index in [4.69, 9.17) is 0 Å². The molecule has 3 unspecified atom stereocenters. The molecule has 0 radical (unpaired) electrons. The maximum absolute atomic E-state index is 12.2.